The van der Waals surface area contributed by atoms with Gasteiger partial charge in [-0.2, -0.15) is 0 Å². The average molecular weight is 296 g/mol. The molecular formula is C14H11ClFNOS. The van der Waals surface area contributed by atoms with Gasteiger partial charge in [0.2, 0.25) is 0 Å². The second kappa shape index (κ2) is 5.99. The second-order valence-electron chi connectivity index (χ2n) is 3.92. The van der Waals surface area contributed by atoms with E-state index in [2.05, 4.69) is 0 Å². The topological polar surface area (TPSA) is 35.2 Å². The van der Waals surface area contributed by atoms with E-state index in [-0.39, 0.29) is 11.6 Å². The lowest BCUT2D eigenvalue weighted by molar-refractivity contribution is 0.300. The molecule has 2 N–H and O–H groups in total. The molecule has 0 aromatic heterocycles. The van der Waals surface area contributed by atoms with Crippen LogP contribution in [0.25, 0.3) is 0 Å². The Labute approximate surface area is 120 Å². The summed E-state index contributed by atoms with van der Waals surface area (Å²) >= 11 is 10.6. The summed E-state index contributed by atoms with van der Waals surface area (Å²) in [6, 6.07) is 11.5. The van der Waals surface area contributed by atoms with Crippen molar-refractivity contribution >= 4 is 28.8 Å². The van der Waals surface area contributed by atoms with Gasteiger partial charge in [-0.05, 0) is 24.3 Å². The Kier molecular flexibility index (Phi) is 4.35. The van der Waals surface area contributed by atoms with Gasteiger partial charge in [-0.15, -0.1) is 0 Å². The Hall–Kier alpha value is -1.65. The summed E-state index contributed by atoms with van der Waals surface area (Å²) in [5, 5.41) is 0.571. The highest BCUT2D eigenvalue weighted by molar-refractivity contribution is 7.80. The van der Waals surface area contributed by atoms with Crippen LogP contribution in [-0.4, -0.2) is 4.99 Å². The van der Waals surface area contributed by atoms with Crippen molar-refractivity contribution in [3.8, 4) is 5.75 Å². The first-order chi connectivity index (χ1) is 9.06. The third-order valence-electron chi connectivity index (χ3n) is 2.53. The van der Waals surface area contributed by atoms with Crippen LogP contribution in [0.1, 0.15) is 11.1 Å². The van der Waals surface area contributed by atoms with E-state index in [0.29, 0.717) is 21.9 Å². The Morgan fingerprint density at radius 1 is 1.26 bits per heavy atom. The Morgan fingerprint density at radius 3 is 2.68 bits per heavy atom. The zero-order chi connectivity index (χ0) is 13.8. The van der Waals surface area contributed by atoms with E-state index in [4.69, 9.17) is 34.3 Å². The van der Waals surface area contributed by atoms with E-state index in [1.54, 1.807) is 36.4 Å². The number of hydrogen-bond acceptors (Lipinski definition) is 2. The largest absolute Gasteiger partial charge is 0.489 e. The van der Waals surface area contributed by atoms with Crippen molar-refractivity contribution in [3.63, 3.8) is 0 Å². The summed E-state index contributed by atoms with van der Waals surface area (Å²) in [4.78, 5) is 0.168. The minimum atomic E-state index is -0.396. The van der Waals surface area contributed by atoms with E-state index >= 15 is 0 Å². The highest BCUT2D eigenvalue weighted by atomic mass is 35.5. The summed E-state index contributed by atoms with van der Waals surface area (Å²) in [5.41, 5.74) is 6.36. The SMILES string of the molecule is NC(=S)c1ccc(COc2cccc(Cl)c2)c(F)c1. The molecule has 2 rings (SSSR count). The summed E-state index contributed by atoms with van der Waals surface area (Å²) in [6.45, 7) is 0.115. The molecule has 0 bridgehead atoms. The molecule has 2 nitrogen and oxygen atoms in total. The minimum absolute atomic E-state index is 0.115. The van der Waals surface area contributed by atoms with Gasteiger partial charge in [-0.1, -0.05) is 42.0 Å². The van der Waals surface area contributed by atoms with Crippen LogP contribution >= 0.6 is 23.8 Å². The van der Waals surface area contributed by atoms with Crippen LogP contribution < -0.4 is 10.5 Å². The van der Waals surface area contributed by atoms with Gasteiger partial charge in [0.05, 0.1) is 0 Å². The molecule has 0 heterocycles. The Morgan fingerprint density at radius 2 is 2.05 bits per heavy atom. The van der Waals surface area contributed by atoms with Crippen LogP contribution in [0.3, 0.4) is 0 Å². The molecule has 0 aliphatic rings. The highest BCUT2D eigenvalue weighted by Gasteiger charge is 2.06. The fourth-order valence-electron chi connectivity index (χ4n) is 1.54. The summed E-state index contributed by atoms with van der Waals surface area (Å²) in [6.07, 6.45) is 0. The lowest BCUT2D eigenvalue weighted by Crippen LogP contribution is -2.10. The van der Waals surface area contributed by atoms with Gasteiger partial charge in [-0.3, -0.25) is 0 Å². The maximum atomic E-state index is 13.8. The zero-order valence-corrected chi connectivity index (χ0v) is 11.5. The van der Waals surface area contributed by atoms with Gasteiger partial charge < -0.3 is 10.5 Å². The van der Waals surface area contributed by atoms with Crippen LogP contribution in [0.15, 0.2) is 42.5 Å². The summed E-state index contributed by atoms with van der Waals surface area (Å²) in [7, 11) is 0. The molecule has 2 aromatic carbocycles. The highest BCUT2D eigenvalue weighted by Crippen LogP contribution is 2.19. The maximum Gasteiger partial charge on any atom is 0.130 e. The molecule has 0 fully saturated rings. The van der Waals surface area contributed by atoms with Crippen molar-refractivity contribution in [2.24, 2.45) is 5.73 Å². The predicted molar refractivity (Wildman–Crippen MR) is 78.1 cm³/mol. The van der Waals surface area contributed by atoms with E-state index in [9.17, 15) is 4.39 Å². The number of benzene rings is 2. The molecule has 0 aliphatic heterocycles. The van der Waals surface area contributed by atoms with Gasteiger partial charge >= 0.3 is 0 Å². The Balaban J connectivity index is 2.10. The molecule has 0 amide bonds. The van der Waals surface area contributed by atoms with Gasteiger partial charge in [-0.25, -0.2) is 4.39 Å². The molecule has 0 spiro atoms. The molecule has 0 unspecified atom stereocenters. The average Bonchev–Trinajstić information content (AvgIpc) is 2.37. The first-order valence-electron chi connectivity index (χ1n) is 5.53. The smallest absolute Gasteiger partial charge is 0.130 e. The van der Waals surface area contributed by atoms with Crippen molar-refractivity contribution in [3.05, 3.63) is 64.4 Å². The monoisotopic (exact) mass is 295 g/mol. The molecule has 0 radical (unpaired) electrons. The molecule has 0 saturated heterocycles. The van der Waals surface area contributed by atoms with E-state index in [1.807, 2.05) is 0 Å². The third-order valence-corrected chi connectivity index (χ3v) is 3.00. The molecule has 0 aliphatic carbocycles. The number of nitrogens with two attached hydrogens (primary N) is 1. The lowest BCUT2D eigenvalue weighted by atomic mass is 10.1. The third kappa shape index (κ3) is 3.66. The van der Waals surface area contributed by atoms with Gasteiger partial charge in [0, 0.05) is 16.1 Å². The van der Waals surface area contributed by atoms with E-state index in [0.717, 1.165) is 0 Å². The number of hydrogen-bond donors (Lipinski definition) is 1. The molecule has 98 valence electrons. The number of rotatable bonds is 4. The van der Waals surface area contributed by atoms with Gasteiger partial charge in [0.15, 0.2) is 0 Å². The van der Waals surface area contributed by atoms with Crippen LogP contribution in [-0.2, 0) is 6.61 Å². The fraction of sp³-hybridized carbons (Fsp3) is 0.0714. The zero-order valence-electron chi connectivity index (χ0n) is 9.90. The standard InChI is InChI=1S/C14H11ClFNOS/c15-11-2-1-3-12(7-11)18-8-10-5-4-9(14(17)19)6-13(10)16/h1-7H,8H2,(H2,17,19). The molecular weight excluding hydrogens is 285 g/mol. The van der Waals surface area contributed by atoms with Crippen molar-refractivity contribution < 1.29 is 9.13 Å². The quantitative estimate of drug-likeness (QED) is 0.874. The molecule has 0 atom stereocenters. The molecule has 5 heteroatoms. The minimum Gasteiger partial charge on any atom is -0.489 e. The fourth-order valence-corrected chi connectivity index (χ4v) is 1.84. The number of thiocarbonyl (C=S) groups is 1. The number of ether oxygens (including phenoxy) is 1. The first kappa shape index (κ1) is 13.8. The van der Waals surface area contributed by atoms with Crippen molar-refractivity contribution in [2.75, 3.05) is 0 Å². The summed E-state index contributed by atoms with van der Waals surface area (Å²) in [5.74, 6) is 0.192. The van der Waals surface area contributed by atoms with Crippen molar-refractivity contribution in [1.82, 2.24) is 0 Å². The predicted octanol–water partition coefficient (Wildman–Crippen LogP) is 3.69. The first-order valence-corrected chi connectivity index (χ1v) is 6.31. The maximum absolute atomic E-state index is 13.8. The lowest BCUT2D eigenvalue weighted by Gasteiger charge is -2.08. The number of halogens is 2. The normalized spacial score (nSPS) is 10.2. The van der Waals surface area contributed by atoms with E-state index < -0.39 is 5.82 Å². The van der Waals surface area contributed by atoms with Crippen LogP contribution in [0, 0.1) is 5.82 Å². The van der Waals surface area contributed by atoms with Crippen LogP contribution in [0.4, 0.5) is 4.39 Å². The Bertz CT molecular complexity index is 618. The summed E-state index contributed by atoms with van der Waals surface area (Å²) < 4.78 is 19.2. The molecule has 19 heavy (non-hydrogen) atoms. The van der Waals surface area contributed by atoms with Gasteiger partial charge in [0.25, 0.3) is 0 Å². The van der Waals surface area contributed by atoms with Crippen LogP contribution in [0.2, 0.25) is 5.02 Å². The van der Waals surface area contributed by atoms with Crippen molar-refractivity contribution in [2.45, 2.75) is 6.61 Å². The molecule has 0 saturated carbocycles. The van der Waals surface area contributed by atoms with Crippen molar-refractivity contribution in [1.29, 1.82) is 0 Å². The van der Waals surface area contributed by atoms with Gasteiger partial charge in [0.1, 0.15) is 23.2 Å². The second-order valence-corrected chi connectivity index (χ2v) is 4.79. The molecule has 2 aromatic rings. The van der Waals surface area contributed by atoms with E-state index in [1.165, 1.54) is 6.07 Å². The van der Waals surface area contributed by atoms with Crippen LogP contribution in [0.5, 0.6) is 5.75 Å².